The molecule has 0 aliphatic carbocycles. The molecule has 24 heavy (non-hydrogen) atoms. The maximum atomic E-state index is 12.0. The largest absolute Gasteiger partial charge is 1.00 e. The summed E-state index contributed by atoms with van der Waals surface area (Å²) >= 11 is 0. The molecule has 7 heteroatoms. The first-order chi connectivity index (χ1) is 10.9. The zero-order valence-electron chi connectivity index (χ0n) is 14.5. The molecule has 1 fully saturated rings. The molecule has 132 valence electrons. The molecule has 0 N–H and O–H groups in total. The Morgan fingerprint density at radius 2 is 2.00 bits per heavy atom. The Morgan fingerprint density at radius 1 is 1.33 bits per heavy atom. The van der Waals surface area contributed by atoms with Gasteiger partial charge in [0, 0.05) is 44.4 Å². The quantitative estimate of drug-likeness (QED) is 0.586. The van der Waals surface area contributed by atoms with Crippen LogP contribution < -0.4 is 21.5 Å². The number of halogens is 1. The number of nitrogens with zero attached hydrogens (tertiary/aromatic N) is 4. The second kappa shape index (κ2) is 9.00. The van der Waals surface area contributed by atoms with Crippen molar-refractivity contribution in [2.75, 3.05) is 26.2 Å². The van der Waals surface area contributed by atoms with Crippen LogP contribution in [0.2, 0.25) is 0 Å². The summed E-state index contributed by atoms with van der Waals surface area (Å²) in [4.78, 5) is 16.1. The van der Waals surface area contributed by atoms with E-state index in [0.717, 1.165) is 19.6 Å². The van der Waals surface area contributed by atoms with Gasteiger partial charge in [0.25, 0.3) is 0 Å². The summed E-state index contributed by atoms with van der Waals surface area (Å²) in [6.07, 6.45) is 3.67. The van der Waals surface area contributed by atoms with Crippen LogP contribution in [-0.4, -0.2) is 47.7 Å². The maximum absolute atomic E-state index is 12.0. The van der Waals surface area contributed by atoms with Gasteiger partial charge in [-0.25, -0.2) is 4.79 Å². The summed E-state index contributed by atoms with van der Waals surface area (Å²) in [7, 11) is 0. The van der Waals surface area contributed by atoms with Gasteiger partial charge in [-0.05, 0) is 26.8 Å². The number of nitriles is 1. The van der Waals surface area contributed by atoms with E-state index in [-0.39, 0.29) is 23.1 Å². The first-order valence-corrected chi connectivity index (χ1v) is 7.92. The number of carbonyl (C=O) groups excluding carboxylic acids is 1. The van der Waals surface area contributed by atoms with Crippen LogP contribution in [-0.2, 0) is 17.8 Å². The van der Waals surface area contributed by atoms with Crippen LogP contribution in [0, 0.1) is 11.3 Å². The van der Waals surface area contributed by atoms with Gasteiger partial charge in [0.05, 0.1) is 0 Å². The van der Waals surface area contributed by atoms with Gasteiger partial charge >= 0.3 is 6.09 Å². The Morgan fingerprint density at radius 3 is 2.58 bits per heavy atom. The molecule has 1 aliphatic heterocycles. The van der Waals surface area contributed by atoms with Crippen LogP contribution in [0.15, 0.2) is 24.5 Å². The van der Waals surface area contributed by atoms with Crippen molar-refractivity contribution in [1.29, 1.82) is 5.26 Å². The molecule has 0 atom stereocenters. The first kappa shape index (κ1) is 20.4. The van der Waals surface area contributed by atoms with Crippen LogP contribution in [0.4, 0.5) is 4.79 Å². The number of ether oxygens (including phenoxy) is 1. The van der Waals surface area contributed by atoms with Crippen molar-refractivity contribution in [2.45, 2.75) is 39.5 Å². The molecule has 6 nitrogen and oxygen atoms in total. The molecule has 0 unspecified atom stereocenters. The normalized spacial score (nSPS) is 15.3. The zero-order chi connectivity index (χ0) is 16.9. The van der Waals surface area contributed by atoms with Gasteiger partial charge in [0.1, 0.15) is 11.7 Å². The second-order valence-corrected chi connectivity index (χ2v) is 6.79. The van der Waals surface area contributed by atoms with Gasteiger partial charge in [-0.2, -0.15) is 9.83 Å². The minimum atomic E-state index is -0.452. The van der Waals surface area contributed by atoms with Gasteiger partial charge in [0.15, 0.2) is 12.4 Å². The number of hydrogen-bond acceptors (Lipinski definition) is 4. The molecule has 0 saturated carbocycles. The SMILES string of the molecule is CC(C)(C)OC(=O)N1CCN(Cc2ccc[n+](CC#N)c2)CC1.[Br-]. The van der Waals surface area contributed by atoms with Crippen molar-refractivity contribution in [3.05, 3.63) is 30.1 Å². The molecular weight excluding hydrogens is 372 g/mol. The van der Waals surface area contributed by atoms with Crippen molar-refractivity contribution in [1.82, 2.24) is 9.80 Å². The molecule has 0 spiro atoms. The van der Waals surface area contributed by atoms with Crippen molar-refractivity contribution in [3.8, 4) is 6.07 Å². The average Bonchev–Trinajstić information content (AvgIpc) is 2.47. The summed E-state index contributed by atoms with van der Waals surface area (Å²) in [5.74, 6) is 0. The molecule has 1 saturated heterocycles. The molecule has 1 aliphatic rings. The highest BCUT2D eigenvalue weighted by atomic mass is 79.9. The Bertz CT molecular complexity index is 587. The third-order valence-electron chi connectivity index (χ3n) is 3.60. The standard InChI is InChI=1S/C17H25N4O2.BrH/c1-17(2,3)23-16(22)21-11-9-20(10-12-21)14-15-5-4-7-19(13-15)8-6-18;/h4-5,7,13H,8-12,14H2,1-3H3;1H/q+1;/p-1. The lowest BCUT2D eigenvalue weighted by molar-refractivity contribution is -0.685. The molecule has 0 radical (unpaired) electrons. The summed E-state index contributed by atoms with van der Waals surface area (Å²) in [5, 5.41) is 8.76. The molecule has 0 aromatic carbocycles. The van der Waals surface area contributed by atoms with Crippen molar-refractivity contribution in [2.24, 2.45) is 0 Å². The van der Waals surface area contributed by atoms with Crippen molar-refractivity contribution in [3.63, 3.8) is 0 Å². The van der Waals surface area contributed by atoms with Crippen LogP contribution >= 0.6 is 0 Å². The predicted molar refractivity (Wildman–Crippen MR) is 85.3 cm³/mol. The molecule has 0 bridgehead atoms. The van der Waals surface area contributed by atoms with E-state index in [4.69, 9.17) is 10.00 Å². The van der Waals surface area contributed by atoms with Crippen molar-refractivity contribution < 1.29 is 31.1 Å². The lowest BCUT2D eigenvalue weighted by Crippen LogP contribution is -3.00. The maximum Gasteiger partial charge on any atom is 0.410 e. The minimum absolute atomic E-state index is 0. The fourth-order valence-corrected chi connectivity index (χ4v) is 2.52. The van der Waals surface area contributed by atoms with Gasteiger partial charge in [-0.1, -0.05) is 0 Å². The number of aromatic nitrogens is 1. The Kier molecular flexibility index (Phi) is 7.64. The van der Waals surface area contributed by atoms with E-state index >= 15 is 0 Å². The topological polar surface area (TPSA) is 60.5 Å². The molecule has 1 aromatic heterocycles. The Balaban J connectivity index is 0.00000288. The second-order valence-electron chi connectivity index (χ2n) is 6.79. The van der Waals surface area contributed by atoms with Crippen LogP contribution in [0.3, 0.4) is 0 Å². The lowest BCUT2D eigenvalue weighted by Gasteiger charge is -2.35. The number of amides is 1. The Labute approximate surface area is 154 Å². The monoisotopic (exact) mass is 396 g/mol. The predicted octanol–water partition coefficient (Wildman–Crippen LogP) is -1.45. The van der Waals surface area contributed by atoms with Crippen molar-refractivity contribution >= 4 is 6.09 Å². The third-order valence-corrected chi connectivity index (χ3v) is 3.60. The van der Waals surface area contributed by atoms with Crippen LogP contribution in [0.5, 0.6) is 0 Å². The molecule has 1 amide bonds. The first-order valence-electron chi connectivity index (χ1n) is 7.92. The van der Waals surface area contributed by atoms with Gasteiger partial charge in [-0.3, -0.25) is 4.90 Å². The number of piperazine rings is 1. The summed E-state index contributed by atoms with van der Waals surface area (Å²) in [6.45, 7) is 9.85. The lowest BCUT2D eigenvalue weighted by atomic mass is 10.2. The van der Waals surface area contributed by atoms with E-state index in [2.05, 4.69) is 17.0 Å². The highest BCUT2D eigenvalue weighted by Crippen LogP contribution is 2.13. The average molecular weight is 397 g/mol. The fraction of sp³-hybridized carbons (Fsp3) is 0.588. The number of rotatable bonds is 3. The number of hydrogen-bond donors (Lipinski definition) is 0. The summed E-state index contributed by atoms with van der Waals surface area (Å²) in [6, 6.07) is 6.17. The third kappa shape index (κ3) is 6.46. The molecule has 1 aromatic rings. The zero-order valence-corrected chi connectivity index (χ0v) is 16.1. The molecule has 2 heterocycles. The van der Waals surface area contributed by atoms with Crippen LogP contribution in [0.1, 0.15) is 26.3 Å². The van der Waals surface area contributed by atoms with Gasteiger partial charge < -0.3 is 26.6 Å². The summed E-state index contributed by atoms with van der Waals surface area (Å²) < 4.78 is 7.29. The van der Waals surface area contributed by atoms with E-state index in [1.165, 1.54) is 5.56 Å². The van der Waals surface area contributed by atoms with Crippen LogP contribution in [0.25, 0.3) is 0 Å². The van der Waals surface area contributed by atoms with E-state index in [9.17, 15) is 4.79 Å². The van der Waals surface area contributed by atoms with E-state index in [1.807, 2.05) is 43.8 Å². The minimum Gasteiger partial charge on any atom is -1.00 e. The highest BCUT2D eigenvalue weighted by Gasteiger charge is 2.25. The number of carbonyl (C=O) groups is 1. The van der Waals surface area contributed by atoms with E-state index in [1.54, 1.807) is 4.90 Å². The molecular formula is C17H25BrN4O2. The number of pyridine rings is 1. The molecule has 2 rings (SSSR count). The fourth-order valence-electron chi connectivity index (χ4n) is 2.52. The Hall–Kier alpha value is -1.65. The highest BCUT2D eigenvalue weighted by molar-refractivity contribution is 5.68. The smallest absolute Gasteiger partial charge is 0.410 e. The van der Waals surface area contributed by atoms with Gasteiger partial charge in [-0.15, -0.1) is 0 Å². The van der Waals surface area contributed by atoms with E-state index in [0.29, 0.717) is 19.6 Å². The van der Waals surface area contributed by atoms with E-state index < -0.39 is 5.60 Å². The van der Waals surface area contributed by atoms with Gasteiger partial charge in [0.2, 0.25) is 6.54 Å². The summed E-state index contributed by atoms with van der Waals surface area (Å²) in [5.41, 5.74) is 0.723.